The van der Waals surface area contributed by atoms with Crippen molar-refractivity contribution in [2.45, 2.75) is 32.1 Å². The van der Waals surface area contributed by atoms with Crippen molar-refractivity contribution in [1.29, 1.82) is 0 Å². The van der Waals surface area contributed by atoms with Crippen LogP contribution in [0.4, 0.5) is 0 Å². The Labute approximate surface area is 113 Å². The van der Waals surface area contributed by atoms with Crippen LogP contribution in [-0.2, 0) is 0 Å². The third-order valence-corrected chi connectivity index (χ3v) is 4.00. The number of hydrogen-bond donors (Lipinski definition) is 2. The zero-order chi connectivity index (χ0) is 13.2. The van der Waals surface area contributed by atoms with Gasteiger partial charge < -0.3 is 10.9 Å². The van der Waals surface area contributed by atoms with Crippen LogP contribution in [0.25, 0.3) is 0 Å². The van der Waals surface area contributed by atoms with Gasteiger partial charge in [-0.15, -0.1) is 0 Å². The summed E-state index contributed by atoms with van der Waals surface area (Å²) in [5, 5.41) is 12.0. The van der Waals surface area contributed by atoms with E-state index in [-0.39, 0.29) is 5.92 Å². The van der Waals surface area contributed by atoms with Gasteiger partial charge in [-0.25, -0.2) is 0 Å². The molecule has 1 unspecified atom stereocenters. The molecule has 4 heteroatoms. The van der Waals surface area contributed by atoms with Crippen molar-refractivity contribution in [3.8, 4) is 0 Å². The van der Waals surface area contributed by atoms with E-state index in [2.05, 4.69) is 12.1 Å². The molecule has 1 aromatic carbocycles. The maximum absolute atomic E-state index is 8.86. The molecule has 0 fully saturated rings. The Morgan fingerprint density at radius 3 is 2.67 bits per heavy atom. The fourth-order valence-corrected chi connectivity index (χ4v) is 2.94. The van der Waals surface area contributed by atoms with Crippen molar-refractivity contribution >= 4 is 17.6 Å². The largest absolute Gasteiger partial charge is 0.409 e. The highest BCUT2D eigenvalue weighted by Crippen LogP contribution is 2.22. The molecular weight excluding hydrogens is 244 g/mol. The number of thioether (sulfide) groups is 1. The number of benzene rings is 1. The predicted molar refractivity (Wildman–Crippen MR) is 79.4 cm³/mol. The van der Waals surface area contributed by atoms with E-state index in [9.17, 15) is 0 Å². The molecule has 3 N–H and O–H groups in total. The van der Waals surface area contributed by atoms with Crippen LogP contribution in [0, 0.1) is 0 Å². The van der Waals surface area contributed by atoms with Crippen LogP contribution in [0.5, 0.6) is 0 Å². The van der Waals surface area contributed by atoms with E-state index >= 15 is 0 Å². The maximum Gasteiger partial charge on any atom is 0.147 e. The molecule has 0 aromatic heterocycles. The molecule has 1 rings (SSSR count). The molecule has 100 valence electrons. The fourth-order valence-electron chi connectivity index (χ4n) is 1.76. The highest BCUT2D eigenvalue weighted by Gasteiger charge is 2.16. The summed E-state index contributed by atoms with van der Waals surface area (Å²) in [7, 11) is 0. The Hall–Kier alpha value is -1.16. The minimum atomic E-state index is 0.00262. The van der Waals surface area contributed by atoms with Gasteiger partial charge in [-0.3, -0.25) is 0 Å². The first-order valence-electron chi connectivity index (χ1n) is 6.39. The third kappa shape index (κ3) is 5.00. The van der Waals surface area contributed by atoms with Crippen molar-refractivity contribution in [3.05, 3.63) is 35.9 Å². The lowest BCUT2D eigenvalue weighted by atomic mass is 10.0. The summed E-state index contributed by atoms with van der Waals surface area (Å²) in [5.74, 6) is 2.30. The first-order chi connectivity index (χ1) is 8.79. The summed E-state index contributed by atoms with van der Waals surface area (Å²) in [5.41, 5.74) is 6.88. The number of rotatable bonds is 8. The molecule has 0 saturated heterocycles. The summed E-state index contributed by atoms with van der Waals surface area (Å²) >= 11 is 1.87. The van der Waals surface area contributed by atoms with Gasteiger partial charge >= 0.3 is 0 Å². The lowest BCUT2D eigenvalue weighted by Gasteiger charge is -2.15. The molecule has 0 amide bonds. The van der Waals surface area contributed by atoms with Crippen molar-refractivity contribution < 1.29 is 5.21 Å². The van der Waals surface area contributed by atoms with E-state index in [1.807, 2.05) is 42.1 Å². The maximum atomic E-state index is 8.86. The molecule has 0 aliphatic heterocycles. The van der Waals surface area contributed by atoms with Gasteiger partial charge in [-0.2, -0.15) is 11.8 Å². The van der Waals surface area contributed by atoms with E-state index in [0.29, 0.717) is 5.84 Å². The van der Waals surface area contributed by atoms with Gasteiger partial charge in [0.25, 0.3) is 0 Å². The second-order valence-electron chi connectivity index (χ2n) is 4.27. The van der Waals surface area contributed by atoms with Gasteiger partial charge in [0.1, 0.15) is 5.84 Å². The molecule has 1 atom stereocenters. The SMILES string of the molecule is CCCCCSCC(/C(N)=N/O)c1ccccc1. The lowest BCUT2D eigenvalue weighted by molar-refractivity contribution is 0.316. The van der Waals surface area contributed by atoms with Gasteiger partial charge in [0.15, 0.2) is 0 Å². The topological polar surface area (TPSA) is 58.6 Å². The molecule has 0 radical (unpaired) electrons. The molecule has 0 aliphatic carbocycles. The Kier molecular flexibility index (Phi) is 7.34. The van der Waals surface area contributed by atoms with Gasteiger partial charge in [0.05, 0.1) is 5.92 Å². The van der Waals surface area contributed by atoms with Crippen LogP contribution in [0.3, 0.4) is 0 Å². The molecule has 0 heterocycles. The van der Waals surface area contributed by atoms with Crippen molar-refractivity contribution in [3.63, 3.8) is 0 Å². The first kappa shape index (κ1) is 14.9. The van der Waals surface area contributed by atoms with Crippen molar-refractivity contribution in [2.75, 3.05) is 11.5 Å². The van der Waals surface area contributed by atoms with Crippen LogP contribution in [-0.4, -0.2) is 22.5 Å². The summed E-state index contributed by atoms with van der Waals surface area (Å²) in [6.07, 6.45) is 3.74. The second kappa shape index (κ2) is 8.86. The molecule has 0 bridgehead atoms. The van der Waals surface area contributed by atoms with E-state index in [1.165, 1.54) is 19.3 Å². The Bertz CT molecular complexity index is 354. The predicted octanol–water partition coefficient (Wildman–Crippen LogP) is 3.44. The number of hydrogen-bond acceptors (Lipinski definition) is 3. The highest BCUT2D eigenvalue weighted by atomic mass is 32.2. The van der Waals surface area contributed by atoms with Gasteiger partial charge in [-0.1, -0.05) is 55.3 Å². The van der Waals surface area contributed by atoms with E-state index in [0.717, 1.165) is 17.1 Å². The number of oxime groups is 1. The quantitative estimate of drug-likeness (QED) is 0.249. The monoisotopic (exact) mass is 266 g/mol. The molecule has 1 aromatic rings. The van der Waals surface area contributed by atoms with Crippen molar-refractivity contribution in [2.24, 2.45) is 10.9 Å². The molecule has 18 heavy (non-hydrogen) atoms. The average Bonchev–Trinajstić information content (AvgIpc) is 2.43. The van der Waals surface area contributed by atoms with Crippen LogP contribution >= 0.6 is 11.8 Å². The van der Waals surface area contributed by atoms with E-state index < -0.39 is 0 Å². The Morgan fingerprint density at radius 1 is 1.33 bits per heavy atom. The summed E-state index contributed by atoms with van der Waals surface area (Å²) in [6.45, 7) is 2.20. The molecule has 0 spiro atoms. The molecular formula is C14H22N2OS. The van der Waals surface area contributed by atoms with E-state index in [4.69, 9.17) is 10.9 Å². The zero-order valence-corrected chi connectivity index (χ0v) is 11.7. The Morgan fingerprint density at radius 2 is 2.06 bits per heavy atom. The van der Waals surface area contributed by atoms with Gasteiger partial charge in [0.2, 0.25) is 0 Å². The molecule has 0 aliphatic rings. The number of amidine groups is 1. The number of nitrogens with zero attached hydrogens (tertiary/aromatic N) is 1. The van der Waals surface area contributed by atoms with Crippen molar-refractivity contribution in [1.82, 2.24) is 0 Å². The summed E-state index contributed by atoms with van der Waals surface area (Å²) in [4.78, 5) is 0. The lowest BCUT2D eigenvalue weighted by Crippen LogP contribution is -2.24. The Balaban J connectivity index is 2.53. The molecule has 0 saturated carbocycles. The number of nitrogens with two attached hydrogens (primary N) is 1. The summed E-state index contributed by atoms with van der Waals surface area (Å²) in [6, 6.07) is 9.98. The van der Waals surface area contributed by atoms with Gasteiger partial charge in [0, 0.05) is 5.75 Å². The minimum Gasteiger partial charge on any atom is -0.409 e. The molecule has 3 nitrogen and oxygen atoms in total. The van der Waals surface area contributed by atoms with Crippen LogP contribution in [0.2, 0.25) is 0 Å². The standard InChI is InChI=1S/C14H22N2OS/c1-2-3-7-10-18-11-13(14(15)16-17)12-8-5-4-6-9-12/h4-6,8-9,13,17H,2-3,7,10-11H2,1H3,(H2,15,16). The smallest absolute Gasteiger partial charge is 0.147 e. The normalized spacial score (nSPS) is 13.5. The van der Waals surface area contributed by atoms with Crippen LogP contribution < -0.4 is 5.73 Å². The zero-order valence-electron chi connectivity index (χ0n) is 10.9. The van der Waals surface area contributed by atoms with Crippen LogP contribution in [0.1, 0.15) is 37.7 Å². The van der Waals surface area contributed by atoms with Gasteiger partial charge in [-0.05, 0) is 17.7 Å². The third-order valence-electron chi connectivity index (χ3n) is 2.85. The second-order valence-corrected chi connectivity index (χ2v) is 5.42. The fraction of sp³-hybridized carbons (Fsp3) is 0.500. The average molecular weight is 266 g/mol. The minimum absolute atomic E-state index is 0.00262. The highest BCUT2D eigenvalue weighted by molar-refractivity contribution is 7.99. The summed E-state index contributed by atoms with van der Waals surface area (Å²) < 4.78 is 0. The first-order valence-corrected chi connectivity index (χ1v) is 7.55. The van der Waals surface area contributed by atoms with E-state index in [1.54, 1.807) is 0 Å². The number of unbranched alkanes of at least 4 members (excludes halogenated alkanes) is 2. The van der Waals surface area contributed by atoms with Crippen LogP contribution in [0.15, 0.2) is 35.5 Å².